The second kappa shape index (κ2) is 10.1. The van der Waals surface area contributed by atoms with Crippen molar-refractivity contribution in [2.75, 3.05) is 12.0 Å². The van der Waals surface area contributed by atoms with E-state index in [-0.39, 0.29) is 17.5 Å². The number of anilines is 1. The molecule has 1 unspecified atom stereocenters. The van der Waals surface area contributed by atoms with Gasteiger partial charge in [-0.1, -0.05) is 12.1 Å². The molecule has 1 N–H and O–H groups in total. The number of aliphatic hydroxyl groups is 1. The largest absolute Gasteiger partial charge is 0.443 e. The first-order valence-electron chi connectivity index (χ1n) is 10.3. The number of carbonyl (C=O) groups excluding carboxylic acids is 2. The number of ether oxygens (including phenoxy) is 4. The maximum absolute atomic E-state index is 12.9. The summed E-state index contributed by atoms with van der Waals surface area (Å²) < 4.78 is 21.4. The van der Waals surface area contributed by atoms with Crippen LogP contribution in [0.1, 0.15) is 59.2 Å². The number of nitrogens with zero attached hydrogens (tertiary/aromatic N) is 3. The van der Waals surface area contributed by atoms with Gasteiger partial charge >= 0.3 is 12.2 Å². The fourth-order valence-electron chi connectivity index (χ4n) is 2.53. The van der Waals surface area contributed by atoms with E-state index in [0.717, 1.165) is 0 Å². The Bertz CT molecular complexity index is 951. The minimum absolute atomic E-state index is 0.0626. The van der Waals surface area contributed by atoms with E-state index in [2.05, 4.69) is 9.97 Å². The summed E-state index contributed by atoms with van der Waals surface area (Å²) in [4.78, 5) is 34.9. The SMILES string of the molecule is COC(O)c1ccc(Oc2cc(N(C(=O)OC(C)(C)C)C(=O)OC(C)(C)C)nc(C)n2)cc1. The van der Waals surface area contributed by atoms with Gasteiger partial charge in [-0.3, -0.25) is 0 Å². The van der Waals surface area contributed by atoms with Gasteiger partial charge in [-0.15, -0.1) is 0 Å². The van der Waals surface area contributed by atoms with Crippen molar-refractivity contribution < 1.29 is 33.6 Å². The number of imide groups is 1. The fraction of sp³-hybridized carbons (Fsp3) is 0.478. The van der Waals surface area contributed by atoms with Crippen molar-refractivity contribution in [3.8, 4) is 11.6 Å². The fourth-order valence-corrected chi connectivity index (χ4v) is 2.53. The molecule has 2 amide bonds. The number of rotatable bonds is 5. The van der Waals surface area contributed by atoms with Crippen LogP contribution in [0, 0.1) is 6.92 Å². The lowest BCUT2D eigenvalue weighted by molar-refractivity contribution is -0.0769. The van der Waals surface area contributed by atoms with Crippen LogP contribution < -0.4 is 9.64 Å². The van der Waals surface area contributed by atoms with Gasteiger partial charge in [0.05, 0.1) is 0 Å². The molecule has 0 spiro atoms. The number of aliphatic hydroxyl groups excluding tert-OH is 1. The van der Waals surface area contributed by atoms with Crippen LogP contribution in [0.15, 0.2) is 30.3 Å². The lowest BCUT2D eigenvalue weighted by Crippen LogP contribution is -2.44. The first-order valence-corrected chi connectivity index (χ1v) is 10.3. The number of benzene rings is 1. The predicted octanol–water partition coefficient (Wildman–Crippen LogP) is 4.89. The molecule has 10 nitrogen and oxygen atoms in total. The highest BCUT2D eigenvalue weighted by atomic mass is 16.6. The van der Waals surface area contributed by atoms with E-state index in [1.165, 1.54) is 13.2 Å². The molecule has 180 valence electrons. The summed E-state index contributed by atoms with van der Waals surface area (Å²) in [5.74, 6) is 0.695. The third kappa shape index (κ3) is 7.99. The normalized spacial score (nSPS) is 12.6. The zero-order valence-electron chi connectivity index (χ0n) is 20.2. The van der Waals surface area contributed by atoms with Crippen LogP contribution in [0.25, 0.3) is 0 Å². The number of methoxy groups -OCH3 is 1. The maximum atomic E-state index is 12.9. The molecule has 2 aromatic rings. The first kappa shape index (κ1) is 26.0. The number of carbonyl (C=O) groups is 2. The van der Waals surface area contributed by atoms with E-state index in [9.17, 15) is 14.7 Å². The quantitative estimate of drug-likeness (QED) is 0.620. The van der Waals surface area contributed by atoms with Gasteiger partial charge < -0.3 is 24.1 Å². The lowest BCUT2D eigenvalue weighted by atomic mass is 10.2. The number of hydrogen-bond donors (Lipinski definition) is 1. The standard InChI is InChI=1S/C23H31N3O7/c1-14-24-17(26(20(28)32-22(2,3)4)21(29)33-23(5,6)7)13-18(25-14)31-16-11-9-15(10-12-16)19(27)30-8/h9-13,19,27H,1-8H3. The van der Waals surface area contributed by atoms with Crippen molar-refractivity contribution in [1.82, 2.24) is 9.97 Å². The van der Waals surface area contributed by atoms with E-state index >= 15 is 0 Å². The zero-order valence-corrected chi connectivity index (χ0v) is 20.2. The molecule has 0 saturated heterocycles. The van der Waals surface area contributed by atoms with Crippen molar-refractivity contribution in [1.29, 1.82) is 0 Å². The molecule has 1 aromatic heterocycles. The highest BCUT2D eigenvalue weighted by molar-refractivity contribution is 6.08. The Kier molecular flexibility index (Phi) is 7.99. The summed E-state index contributed by atoms with van der Waals surface area (Å²) in [6.45, 7) is 11.7. The van der Waals surface area contributed by atoms with E-state index in [1.54, 1.807) is 72.7 Å². The number of aryl methyl sites for hydroxylation is 1. The zero-order chi connectivity index (χ0) is 25.0. The molecule has 0 bridgehead atoms. The molecule has 1 heterocycles. The molecule has 0 aliphatic heterocycles. The van der Waals surface area contributed by atoms with Gasteiger partial charge in [0.25, 0.3) is 0 Å². The van der Waals surface area contributed by atoms with E-state index < -0.39 is 29.7 Å². The van der Waals surface area contributed by atoms with Crippen LogP contribution in [0.3, 0.4) is 0 Å². The third-order valence-corrected chi connectivity index (χ3v) is 3.79. The van der Waals surface area contributed by atoms with Crippen molar-refractivity contribution in [3.05, 3.63) is 41.7 Å². The molecule has 1 aromatic carbocycles. The molecule has 10 heteroatoms. The van der Waals surface area contributed by atoms with Crippen LogP contribution >= 0.6 is 0 Å². The van der Waals surface area contributed by atoms with Crippen LogP contribution in [0.5, 0.6) is 11.6 Å². The Morgan fingerprint density at radius 2 is 1.45 bits per heavy atom. The van der Waals surface area contributed by atoms with Crippen LogP contribution in [-0.4, -0.2) is 45.6 Å². The van der Waals surface area contributed by atoms with Crippen molar-refractivity contribution >= 4 is 18.0 Å². The number of aromatic nitrogens is 2. The Balaban J connectivity index is 2.39. The van der Waals surface area contributed by atoms with Gasteiger partial charge in [-0.2, -0.15) is 9.88 Å². The van der Waals surface area contributed by atoms with Crippen molar-refractivity contribution in [2.24, 2.45) is 0 Å². The Morgan fingerprint density at radius 3 is 1.91 bits per heavy atom. The highest BCUT2D eigenvalue weighted by Crippen LogP contribution is 2.27. The van der Waals surface area contributed by atoms with Crippen LogP contribution in [-0.2, 0) is 14.2 Å². The monoisotopic (exact) mass is 461 g/mol. The Labute approximate surface area is 193 Å². The second-order valence-electron chi connectivity index (χ2n) is 9.17. The predicted molar refractivity (Wildman–Crippen MR) is 120 cm³/mol. The average Bonchev–Trinajstić information content (AvgIpc) is 2.64. The van der Waals surface area contributed by atoms with Crippen LogP contribution in [0.2, 0.25) is 0 Å². The average molecular weight is 462 g/mol. The van der Waals surface area contributed by atoms with Gasteiger partial charge in [-0.25, -0.2) is 14.6 Å². The second-order valence-corrected chi connectivity index (χ2v) is 9.17. The topological polar surface area (TPSA) is 120 Å². The number of amides is 2. The highest BCUT2D eigenvalue weighted by Gasteiger charge is 2.34. The Morgan fingerprint density at radius 1 is 0.939 bits per heavy atom. The molecule has 33 heavy (non-hydrogen) atoms. The molecule has 0 aliphatic rings. The van der Waals surface area contributed by atoms with Gasteiger partial charge in [0.15, 0.2) is 12.1 Å². The van der Waals surface area contributed by atoms with Crippen LogP contribution in [0.4, 0.5) is 15.4 Å². The minimum Gasteiger partial charge on any atom is -0.443 e. The summed E-state index contributed by atoms with van der Waals surface area (Å²) in [5, 5.41) is 9.73. The summed E-state index contributed by atoms with van der Waals surface area (Å²) in [6, 6.07) is 7.83. The van der Waals surface area contributed by atoms with E-state index in [0.29, 0.717) is 16.2 Å². The smallest absolute Gasteiger partial charge is 0.425 e. The molecular formula is C23H31N3O7. The molecular weight excluding hydrogens is 430 g/mol. The molecule has 0 aliphatic carbocycles. The Hall–Kier alpha value is -3.24. The molecule has 2 rings (SSSR count). The summed E-state index contributed by atoms with van der Waals surface area (Å²) in [6.07, 6.45) is -2.94. The van der Waals surface area contributed by atoms with Gasteiger partial charge in [0, 0.05) is 18.7 Å². The van der Waals surface area contributed by atoms with E-state index in [1.807, 2.05) is 0 Å². The van der Waals surface area contributed by atoms with Crippen molar-refractivity contribution in [3.63, 3.8) is 0 Å². The lowest BCUT2D eigenvalue weighted by Gasteiger charge is -2.28. The maximum Gasteiger partial charge on any atom is 0.425 e. The van der Waals surface area contributed by atoms with Gasteiger partial charge in [-0.05, 0) is 60.6 Å². The number of hydrogen-bond acceptors (Lipinski definition) is 9. The molecule has 0 fully saturated rings. The third-order valence-electron chi connectivity index (χ3n) is 3.79. The van der Waals surface area contributed by atoms with Crippen molar-refractivity contribution in [2.45, 2.75) is 66.0 Å². The minimum atomic E-state index is -1.05. The van der Waals surface area contributed by atoms with Gasteiger partial charge in [0.2, 0.25) is 5.88 Å². The summed E-state index contributed by atoms with van der Waals surface area (Å²) in [5.41, 5.74) is -1.16. The summed E-state index contributed by atoms with van der Waals surface area (Å²) >= 11 is 0. The molecule has 0 saturated carbocycles. The molecule has 1 atom stereocenters. The molecule has 0 radical (unpaired) electrons. The van der Waals surface area contributed by atoms with Gasteiger partial charge in [0.1, 0.15) is 22.8 Å². The first-order chi connectivity index (χ1) is 15.2. The summed E-state index contributed by atoms with van der Waals surface area (Å²) in [7, 11) is 1.39. The van der Waals surface area contributed by atoms with E-state index in [4.69, 9.17) is 18.9 Å².